The molecule has 0 heterocycles. The topological polar surface area (TPSA) is 116 Å². The number of anilines is 1. The predicted molar refractivity (Wildman–Crippen MR) is 87.9 cm³/mol. The highest BCUT2D eigenvalue weighted by Crippen LogP contribution is 2.18. The number of nitrogens with two attached hydrogens (primary N) is 1. The average molecular weight is 342 g/mol. The third-order valence-electron chi connectivity index (χ3n) is 3.42. The molecule has 23 heavy (non-hydrogen) atoms. The van der Waals surface area contributed by atoms with Gasteiger partial charge >= 0.3 is 5.97 Å². The van der Waals surface area contributed by atoms with Crippen LogP contribution in [0.25, 0.3) is 0 Å². The van der Waals surface area contributed by atoms with E-state index in [1.165, 1.54) is 7.11 Å². The van der Waals surface area contributed by atoms with Crippen molar-refractivity contribution in [1.29, 1.82) is 0 Å². The molecule has 0 aliphatic rings. The molecule has 8 heteroatoms. The number of sulfone groups is 1. The van der Waals surface area contributed by atoms with E-state index in [1.807, 2.05) is 0 Å². The molecule has 0 bridgehead atoms. The van der Waals surface area contributed by atoms with Gasteiger partial charge in [-0.3, -0.25) is 4.79 Å². The third kappa shape index (κ3) is 5.55. The quantitative estimate of drug-likeness (QED) is 0.577. The molecular weight excluding hydrogens is 320 g/mol. The van der Waals surface area contributed by atoms with Crippen LogP contribution >= 0.6 is 0 Å². The molecule has 0 aliphatic heterocycles. The first-order valence-electron chi connectivity index (χ1n) is 6.98. The summed E-state index contributed by atoms with van der Waals surface area (Å²) in [5.74, 6) is -1.40. The summed E-state index contributed by atoms with van der Waals surface area (Å²) in [4.78, 5) is 24.0. The van der Waals surface area contributed by atoms with Crippen molar-refractivity contribution in [2.75, 3.05) is 24.9 Å². The number of hydrogen-bond donors (Lipinski definition) is 2. The van der Waals surface area contributed by atoms with Crippen LogP contribution in [-0.2, 0) is 19.4 Å². The van der Waals surface area contributed by atoms with Crippen molar-refractivity contribution in [3.63, 3.8) is 0 Å². The Morgan fingerprint density at radius 1 is 1.26 bits per heavy atom. The number of esters is 1. The second kappa shape index (κ2) is 7.45. The summed E-state index contributed by atoms with van der Waals surface area (Å²) >= 11 is 0. The lowest BCUT2D eigenvalue weighted by Crippen LogP contribution is -2.42. The van der Waals surface area contributed by atoms with Gasteiger partial charge in [0.2, 0.25) is 0 Å². The fourth-order valence-corrected chi connectivity index (χ4v) is 2.73. The van der Waals surface area contributed by atoms with Gasteiger partial charge in [-0.15, -0.1) is 0 Å². The highest BCUT2D eigenvalue weighted by atomic mass is 32.2. The molecule has 0 fully saturated rings. The number of hydrogen-bond acceptors (Lipinski definition) is 6. The average Bonchev–Trinajstić information content (AvgIpc) is 2.46. The van der Waals surface area contributed by atoms with Gasteiger partial charge in [-0.1, -0.05) is 0 Å². The number of carbonyl (C=O) groups is 2. The van der Waals surface area contributed by atoms with Gasteiger partial charge in [-0.25, -0.2) is 13.2 Å². The molecule has 3 N–H and O–H groups in total. The van der Waals surface area contributed by atoms with Crippen molar-refractivity contribution in [1.82, 2.24) is 5.32 Å². The Morgan fingerprint density at radius 3 is 2.22 bits per heavy atom. The largest absolute Gasteiger partial charge is 0.467 e. The van der Waals surface area contributed by atoms with Gasteiger partial charge in [0, 0.05) is 17.5 Å². The van der Waals surface area contributed by atoms with Gasteiger partial charge in [-0.05, 0) is 43.5 Å². The first-order chi connectivity index (χ1) is 10.5. The van der Waals surface area contributed by atoms with Crippen LogP contribution in [0.1, 0.15) is 27.9 Å². The molecule has 1 aromatic carbocycles. The molecule has 0 saturated carbocycles. The van der Waals surface area contributed by atoms with E-state index in [0.29, 0.717) is 11.3 Å². The van der Waals surface area contributed by atoms with Crippen LogP contribution in [0.5, 0.6) is 0 Å². The fraction of sp³-hybridized carbons (Fsp3) is 0.467. The number of rotatable bonds is 6. The van der Waals surface area contributed by atoms with Gasteiger partial charge in [-0.2, -0.15) is 0 Å². The number of nitrogen functional groups attached to an aromatic ring is 1. The van der Waals surface area contributed by atoms with Crippen LogP contribution in [0, 0.1) is 13.8 Å². The highest BCUT2D eigenvalue weighted by molar-refractivity contribution is 7.90. The number of ether oxygens (including phenoxy) is 1. The standard InChI is InChI=1S/C15H22N2O5S/c1-9-7-11(8-10(2)13(9)16)14(18)17-12(15(19)22-3)5-6-23(4,20)21/h7-8,12H,5-6,16H2,1-4H3,(H,17,18)/t12-/m0/s1. The van der Waals surface area contributed by atoms with Crippen molar-refractivity contribution < 1.29 is 22.7 Å². The Balaban J connectivity index is 2.94. The monoisotopic (exact) mass is 342 g/mol. The SMILES string of the molecule is COC(=O)[C@H](CCS(C)(=O)=O)NC(=O)c1cc(C)c(N)c(C)c1. The molecule has 128 valence electrons. The first kappa shape index (κ1) is 19.0. The van der Waals surface area contributed by atoms with Gasteiger partial charge < -0.3 is 15.8 Å². The van der Waals surface area contributed by atoms with E-state index in [4.69, 9.17) is 5.73 Å². The van der Waals surface area contributed by atoms with Crippen molar-refractivity contribution in [3.8, 4) is 0 Å². The maximum Gasteiger partial charge on any atom is 0.328 e. The number of aryl methyl sites for hydroxylation is 2. The van der Waals surface area contributed by atoms with Crippen LogP contribution in [0.3, 0.4) is 0 Å². The van der Waals surface area contributed by atoms with E-state index in [2.05, 4.69) is 10.1 Å². The number of methoxy groups -OCH3 is 1. The van der Waals surface area contributed by atoms with Crippen LogP contribution in [0.2, 0.25) is 0 Å². The predicted octanol–water partition coefficient (Wildman–Crippen LogP) is 0.592. The van der Waals surface area contributed by atoms with Crippen LogP contribution in [-0.4, -0.2) is 45.5 Å². The minimum Gasteiger partial charge on any atom is -0.467 e. The second-order valence-corrected chi connectivity index (χ2v) is 7.75. The molecule has 1 aromatic rings. The lowest BCUT2D eigenvalue weighted by atomic mass is 10.0. The lowest BCUT2D eigenvalue weighted by Gasteiger charge is -2.17. The molecule has 7 nitrogen and oxygen atoms in total. The molecular formula is C15H22N2O5S. The summed E-state index contributed by atoms with van der Waals surface area (Å²) in [6.07, 6.45) is 1.01. The van der Waals surface area contributed by atoms with Crippen LogP contribution < -0.4 is 11.1 Å². The van der Waals surface area contributed by atoms with Crippen LogP contribution in [0.4, 0.5) is 5.69 Å². The van der Waals surface area contributed by atoms with Gasteiger partial charge in [0.15, 0.2) is 0 Å². The number of carbonyl (C=O) groups excluding carboxylic acids is 2. The molecule has 0 unspecified atom stereocenters. The Bertz CT molecular complexity index is 690. The lowest BCUT2D eigenvalue weighted by molar-refractivity contribution is -0.142. The normalized spacial score (nSPS) is 12.5. The van der Waals surface area contributed by atoms with Crippen molar-refractivity contribution >= 4 is 27.4 Å². The fourth-order valence-electron chi connectivity index (χ4n) is 2.07. The zero-order valence-corrected chi connectivity index (χ0v) is 14.5. The Hall–Kier alpha value is -2.09. The van der Waals surface area contributed by atoms with E-state index >= 15 is 0 Å². The Morgan fingerprint density at radius 2 is 1.78 bits per heavy atom. The summed E-state index contributed by atoms with van der Waals surface area (Å²) in [6, 6.07) is 2.20. The minimum absolute atomic E-state index is 0.0514. The second-order valence-electron chi connectivity index (χ2n) is 5.49. The maximum atomic E-state index is 12.3. The smallest absolute Gasteiger partial charge is 0.328 e. The molecule has 1 amide bonds. The molecule has 0 radical (unpaired) electrons. The zero-order chi connectivity index (χ0) is 17.8. The number of benzene rings is 1. The maximum absolute atomic E-state index is 12.3. The third-order valence-corrected chi connectivity index (χ3v) is 4.40. The van der Waals surface area contributed by atoms with E-state index in [9.17, 15) is 18.0 Å². The summed E-state index contributed by atoms with van der Waals surface area (Å²) in [7, 11) is -2.08. The van der Waals surface area contributed by atoms with Gasteiger partial charge in [0.25, 0.3) is 5.91 Å². The van der Waals surface area contributed by atoms with E-state index < -0.39 is 27.8 Å². The summed E-state index contributed by atoms with van der Waals surface area (Å²) in [5, 5.41) is 2.51. The first-order valence-corrected chi connectivity index (χ1v) is 9.04. The Labute approximate surface area is 136 Å². The molecule has 0 aromatic heterocycles. The molecule has 0 aliphatic carbocycles. The summed E-state index contributed by atoms with van der Waals surface area (Å²) in [5.41, 5.74) is 8.30. The van der Waals surface area contributed by atoms with Gasteiger partial charge in [0.05, 0.1) is 12.9 Å². The van der Waals surface area contributed by atoms with Crippen LogP contribution in [0.15, 0.2) is 12.1 Å². The molecule has 0 spiro atoms. The van der Waals surface area contributed by atoms with E-state index in [0.717, 1.165) is 17.4 Å². The number of amides is 1. The molecule has 1 atom stereocenters. The summed E-state index contributed by atoms with van der Waals surface area (Å²) in [6.45, 7) is 3.56. The minimum atomic E-state index is -3.26. The molecule has 1 rings (SSSR count). The molecule has 0 saturated heterocycles. The highest BCUT2D eigenvalue weighted by Gasteiger charge is 2.24. The number of nitrogens with one attached hydrogen (secondary N) is 1. The Kier molecular flexibility index (Phi) is 6.14. The van der Waals surface area contributed by atoms with E-state index in [1.54, 1.807) is 26.0 Å². The van der Waals surface area contributed by atoms with Crippen molar-refractivity contribution in [3.05, 3.63) is 28.8 Å². The summed E-state index contributed by atoms with van der Waals surface area (Å²) < 4.78 is 27.1. The van der Waals surface area contributed by atoms with Gasteiger partial charge in [0.1, 0.15) is 15.9 Å². The van der Waals surface area contributed by atoms with Crippen molar-refractivity contribution in [2.45, 2.75) is 26.3 Å². The van der Waals surface area contributed by atoms with Crippen molar-refractivity contribution in [2.24, 2.45) is 0 Å². The zero-order valence-electron chi connectivity index (χ0n) is 13.7. The van der Waals surface area contributed by atoms with E-state index in [-0.39, 0.29) is 12.2 Å².